The van der Waals surface area contributed by atoms with Crippen LogP contribution in [-0.2, 0) is 0 Å². The number of hydrogen-bond acceptors (Lipinski definition) is 0. The molecule has 0 bridgehead atoms. The second kappa shape index (κ2) is 9.49. The van der Waals surface area contributed by atoms with Gasteiger partial charge in [0.05, 0.1) is 0 Å². The Bertz CT molecular complexity index is 133. The minimum Gasteiger partial charge on any atom is -1.00 e. The van der Waals surface area contributed by atoms with Crippen LogP contribution in [0.3, 0.4) is 0 Å². The van der Waals surface area contributed by atoms with E-state index in [1.165, 1.54) is 21.1 Å². The van der Waals surface area contributed by atoms with E-state index in [-0.39, 0.29) is 29.8 Å². The predicted molar refractivity (Wildman–Crippen MR) is 54.2 cm³/mol. The Labute approximate surface area is 90.7 Å². The molecule has 68 valence electrons. The molecule has 0 nitrogen and oxygen atoms in total. The van der Waals surface area contributed by atoms with Gasteiger partial charge in [-0.3, -0.25) is 0 Å². The van der Waals surface area contributed by atoms with Crippen LogP contribution in [0.25, 0.3) is 0 Å². The van der Waals surface area contributed by atoms with Gasteiger partial charge in [-0.15, -0.1) is 0 Å². The molecule has 0 aliphatic heterocycles. The fraction of sp³-hybridized carbons (Fsp3) is 0.600. The van der Waals surface area contributed by atoms with Crippen molar-refractivity contribution in [1.29, 1.82) is 0 Å². The van der Waals surface area contributed by atoms with Gasteiger partial charge in [0.25, 0.3) is 0 Å². The van der Waals surface area contributed by atoms with Crippen LogP contribution in [0.5, 0.6) is 0 Å². The van der Waals surface area contributed by atoms with Crippen LogP contribution in [-0.4, -0.2) is 17.4 Å². The molecule has 0 aromatic heterocycles. The van der Waals surface area contributed by atoms with Crippen LogP contribution >= 0.6 is 0 Å². The molecule has 0 heterocycles. The third-order valence-corrected chi connectivity index (χ3v) is 3.77. The van der Waals surface area contributed by atoms with Gasteiger partial charge in [-0.1, -0.05) is 0 Å². The molecule has 0 aliphatic carbocycles. The van der Waals surface area contributed by atoms with E-state index in [0.717, 1.165) is 0 Å². The van der Waals surface area contributed by atoms with E-state index in [9.17, 15) is 0 Å². The summed E-state index contributed by atoms with van der Waals surface area (Å²) < 4.78 is 0. The first-order valence-electron chi connectivity index (χ1n) is 4.21. The van der Waals surface area contributed by atoms with Gasteiger partial charge in [-0.2, -0.15) is 0 Å². The van der Waals surface area contributed by atoms with Gasteiger partial charge in [-0.25, -0.2) is 0 Å². The first-order valence-corrected chi connectivity index (χ1v) is 7.64. The van der Waals surface area contributed by atoms with E-state index < -0.39 is 0 Å². The van der Waals surface area contributed by atoms with Crippen molar-refractivity contribution >= 4 is 17.4 Å². The zero-order chi connectivity index (χ0) is 8.69. The van der Waals surface area contributed by atoms with E-state index in [4.69, 9.17) is 0 Å². The van der Waals surface area contributed by atoms with Crippen molar-refractivity contribution in [3.63, 3.8) is 0 Å². The molecule has 0 saturated heterocycles. The minimum absolute atomic E-state index is 0. The van der Waals surface area contributed by atoms with E-state index in [1.807, 2.05) is 0 Å². The van der Waals surface area contributed by atoms with Gasteiger partial charge < -0.3 is 12.4 Å². The topological polar surface area (TPSA) is 0 Å². The van der Waals surface area contributed by atoms with Crippen LogP contribution in [0, 0.1) is 0 Å². The van der Waals surface area contributed by atoms with Crippen LogP contribution < -0.4 is 12.4 Å². The zero-order valence-electron chi connectivity index (χ0n) is 8.52. The molecule has 0 fully saturated rings. The predicted octanol–water partition coefficient (Wildman–Crippen LogP) is 0.464. The van der Waals surface area contributed by atoms with Gasteiger partial charge in [0.2, 0.25) is 0 Å². The van der Waals surface area contributed by atoms with Gasteiger partial charge in [-0.05, 0) is 0 Å². The van der Waals surface area contributed by atoms with E-state index in [1.54, 1.807) is 0 Å². The smallest absolute Gasteiger partial charge is 1.00 e. The number of rotatable bonds is 4. The van der Waals surface area contributed by atoms with Crippen molar-refractivity contribution in [3.8, 4) is 0 Å². The molecule has 0 aromatic rings. The van der Waals surface area contributed by atoms with Gasteiger partial charge >= 0.3 is 78.4 Å². The molecule has 0 rings (SSSR count). The quantitative estimate of drug-likeness (QED) is 0.382. The van der Waals surface area contributed by atoms with Gasteiger partial charge in [0, 0.05) is 0 Å². The summed E-state index contributed by atoms with van der Waals surface area (Å²) in [5.74, 6) is 0. The summed E-state index contributed by atoms with van der Waals surface area (Å²) in [7, 11) is 0. The molecular weight excluding hydrogens is 225 g/mol. The maximum absolute atomic E-state index is 2.37. The Balaban J connectivity index is 0. The molecular formula is C10H18ClGa. The molecule has 0 aliphatic rings. The number of allylic oxidation sites excluding steroid dienone is 4. The first-order chi connectivity index (χ1) is 5.13. The zero-order valence-corrected chi connectivity index (χ0v) is 11.7. The molecule has 0 amide bonds. The minimum atomic E-state index is 0. The Morgan fingerprint density at radius 3 is 1.50 bits per heavy atom. The second-order valence-electron chi connectivity index (χ2n) is 3.32. The maximum Gasteiger partial charge on any atom is -1.00 e. The molecule has 0 atom stereocenters. The van der Waals surface area contributed by atoms with Crippen molar-refractivity contribution in [2.45, 2.75) is 37.6 Å². The molecule has 0 spiro atoms. The summed E-state index contributed by atoms with van der Waals surface area (Å²) in [6.45, 7) is 8.71. The fourth-order valence-corrected chi connectivity index (χ4v) is 3.82. The Morgan fingerprint density at radius 1 is 0.917 bits per heavy atom. The summed E-state index contributed by atoms with van der Waals surface area (Å²) in [6.07, 6.45) is 4.75. The largest absolute Gasteiger partial charge is 1.00 e. The Kier molecular flexibility index (Phi) is 11.8. The van der Waals surface area contributed by atoms with E-state index in [0.29, 0.717) is 0 Å². The molecule has 0 N–H and O–H groups in total. The van der Waals surface area contributed by atoms with Crippen molar-refractivity contribution in [1.82, 2.24) is 0 Å². The van der Waals surface area contributed by atoms with Crippen molar-refractivity contribution in [2.24, 2.45) is 0 Å². The van der Waals surface area contributed by atoms with E-state index >= 15 is 0 Å². The summed E-state index contributed by atoms with van der Waals surface area (Å²) in [5.41, 5.74) is 2.94. The average molecular weight is 243 g/mol. The third kappa shape index (κ3) is 13.0. The maximum atomic E-state index is 2.37. The standard InChI is InChI=1S/2C5H9.ClH.Ga/c2*1-4-5(2)3;;/h2*4H,1H2,2-3H3;1H;/q;;;+1/p-1. The van der Waals surface area contributed by atoms with Gasteiger partial charge in [0.1, 0.15) is 0 Å². The van der Waals surface area contributed by atoms with E-state index in [2.05, 4.69) is 39.8 Å². The van der Waals surface area contributed by atoms with Crippen LogP contribution in [0.2, 0.25) is 9.95 Å². The van der Waals surface area contributed by atoms with Gasteiger partial charge in [0.15, 0.2) is 0 Å². The van der Waals surface area contributed by atoms with Crippen LogP contribution in [0.4, 0.5) is 0 Å². The Hall–Kier alpha value is 0.406. The SMILES string of the molecule is CC(C)=C[CH2][Ga+][CH2]C=C(C)C.[Cl-]. The molecule has 2 heteroatoms. The molecule has 0 radical (unpaired) electrons. The first kappa shape index (κ1) is 14.9. The fourth-order valence-electron chi connectivity index (χ4n) is 0.734. The summed E-state index contributed by atoms with van der Waals surface area (Å²) in [4.78, 5) is 2.77. The molecule has 0 aromatic carbocycles. The molecule has 12 heavy (non-hydrogen) atoms. The average Bonchev–Trinajstić information content (AvgIpc) is 1.85. The number of halogens is 1. The van der Waals surface area contributed by atoms with Crippen LogP contribution in [0.1, 0.15) is 27.7 Å². The normalized spacial score (nSPS) is 7.67. The summed E-state index contributed by atoms with van der Waals surface area (Å²) in [6, 6.07) is 0. The summed E-state index contributed by atoms with van der Waals surface area (Å²) >= 11 is 0.0335. The summed E-state index contributed by atoms with van der Waals surface area (Å²) in [5, 5.41) is 0. The third-order valence-electron chi connectivity index (χ3n) is 1.39. The second-order valence-corrected chi connectivity index (χ2v) is 6.51. The van der Waals surface area contributed by atoms with Crippen molar-refractivity contribution < 1.29 is 12.4 Å². The monoisotopic (exact) mass is 242 g/mol. The molecule has 0 unspecified atom stereocenters. The van der Waals surface area contributed by atoms with Crippen LogP contribution in [0.15, 0.2) is 23.3 Å². The van der Waals surface area contributed by atoms with Crippen molar-refractivity contribution in [2.75, 3.05) is 0 Å². The molecule has 0 saturated carbocycles. The Morgan fingerprint density at radius 2 is 1.25 bits per heavy atom. The number of hydrogen-bond donors (Lipinski definition) is 0. The van der Waals surface area contributed by atoms with Crippen molar-refractivity contribution in [3.05, 3.63) is 23.3 Å².